The Labute approximate surface area is 206 Å². The summed E-state index contributed by atoms with van der Waals surface area (Å²) in [5, 5.41) is 6.24. The van der Waals surface area contributed by atoms with E-state index in [0.29, 0.717) is 12.0 Å². The van der Waals surface area contributed by atoms with E-state index in [2.05, 4.69) is 34.1 Å². The number of piperazine rings is 1. The molecule has 2 heterocycles. The molecule has 1 atom stereocenters. The third kappa shape index (κ3) is 5.50. The van der Waals surface area contributed by atoms with Gasteiger partial charge in [-0.2, -0.15) is 5.10 Å². The number of carbonyl (C=O) groups is 1. The molecule has 180 valence electrons. The van der Waals surface area contributed by atoms with Crippen molar-refractivity contribution in [1.82, 2.24) is 14.8 Å². The van der Waals surface area contributed by atoms with Gasteiger partial charge in [-0.1, -0.05) is 78.4 Å². The lowest BCUT2D eigenvalue weighted by molar-refractivity contribution is -0.134. The summed E-state index contributed by atoms with van der Waals surface area (Å²) in [6.45, 7) is 6.73. The molecule has 5 rings (SSSR count). The van der Waals surface area contributed by atoms with E-state index in [-0.39, 0.29) is 18.3 Å². The van der Waals surface area contributed by atoms with E-state index in [0.717, 1.165) is 49.6 Å². The van der Waals surface area contributed by atoms with E-state index >= 15 is 0 Å². The monoisotopic (exact) mass is 470 g/mol. The Morgan fingerprint density at radius 2 is 1.54 bits per heavy atom. The van der Waals surface area contributed by atoms with Crippen LogP contribution in [0.1, 0.15) is 34.7 Å². The van der Waals surface area contributed by atoms with Crippen LogP contribution in [0.5, 0.6) is 0 Å². The smallest absolute Gasteiger partial charge is 0.257 e. The highest BCUT2D eigenvalue weighted by Gasteiger charge is 2.35. The summed E-state index contributed by atoms with van der Waals surface area (Å²) in [4.78, 5) is 18.1. The molecule has 0 aromatic heterocycles. The van der Waals surface area contributed by atoms with Crippen LogP contribution in [-0.4, -0.2) is 59.2 Å². The van der Waals surface area contributed by atoms with Crippen LogP contribution in [0.25, 0.3) is 0 Å². The maximum atomic E-state index is 14.7. The number of carbonyl (C=O) groups excluding carboxylic acids is 1. The van der Waals surface area contributed by atoms with E-state index < -0.39 is 6.04 Å². The molecule has 1 saturated heterocycles. The number of aryl methyl sites for hydroxylation is 1. The molecule has 6 heteroatoms. The van der Waals surface area contributed by atoms with E-state index in [4.69, 9.17) is 5.10 Å². The van der Waals surface area contributed by atoms with Crippen LogP contribution in [0.2, 0.25) is 0 Å². The first-order valence-electron chi connectivity index (χ1n) is 12.3. The number of hydrogen-bond donors (Lipinski definition) is 0. The summed E-state index contributed by atoms with van der Waals surface area (Å²) in [7, 11) is 0. The van der Waals surface area contributed by atoms with Gasteiger partial charge in [-0.15, -0.1) is 0 Å². The molecule has 2 aliphatic rings. The van der Waals surface area contributed by atoms with Crippen LogP contribution in [0.15, 0.2) is 84.0 Å². The van der Waals surface area contributed by atoms with Gasteiger partial charge in [0.25, 0.3) is 5.91 Å². The average molecular weight is 471 g/mol. The summed E-state index contributed by atoms with van der Waals surface area (Å²) in [6.07, 6.45) is 0.501. The highest BCUT2D eigenvalue weighted by Crippen LogP contribution is 2.34. The van der Waals surface area contributed by atoms with E-state index in [1.54, 1.807) is 12.1 Å². The van der Waals surface area contributed by atoms with Gasteiger partial charge in [0.15, 0.2) is 0 Å². The number of rotatable bonds is 6. The molecule has 35 heavy (non-hydrogen) atoms. The second kappa shape index (κ2) is 10.5. The van der Waals surface area contributed by atoms with Gasteiger partial charge < -0.3 is 0 Å². The molecule has 0 bridgehead atoms. The lowest BCUT2D eigenvalue weighted by atomic mass is 9.97. The summed E-state index contributed by atoms with van der Waals surface area (Å²) >= 11 is 0. The number of halogens is 1. The Morgan fingerprint density at radius 1 is 0.886 bits per heavy atom. The van der Waals surface area contributed by atoms with E-state index in [9.17, 15) is 9.18 Å². The maximum absolute atomic E-state index is 14.7. The Balaban J connectivity index is 1.28. The average Bonchev–Trinajstić information content (AvgIpc) is 3.32. The van der Waals surface area contributed by atoms with Crippen molar-refractivity contribution in [3.8, 4) is 0 Å². The van der Waals surface area contributed by atoms with Gasteiger partial charge in [-0.3, -0.25) is 14.6 Å². The molecule has 0 radical (unpaired) electrons. The largest absolute Gasteiger partial charge is 0.297 e. The number of hydrogen-bond acceptors (Lipinski definition) is 4. The normalized spacial score (nSPS) is 19.1. The lowest BCUT2D eigenvalue weighted by Gasteiger charge is -2.35. The zero-order valence-corrected chi connectivity index (χ0v) is 20.1. The minimum Gasteiger partial charge on any atom is -0.297 e. The fourth-order valence-electron chi connectivity index (χ4n) is 4.86. The summed E-state index contributed by atoms with van der Waals surface area (Å²) in [6, 6.07) is 24.9. The Hall–Kier alpha value is -3.35. The van der Waals surface area contributed by atoms with Gasteiger partial charge in [-0.05, 0) is 24.1 Å². The van der Waals surface area contributed by atoms with Crippen molar-refractivity contribution in [2.75, 3.05) is 32.7 Å². The second-order valence-corrected chi connectivity index (χ2v) is 9.43. The lowest BCUT2D eigenvalue weighted by Crippen LogP contribution is -2.49. The van der Waals surface area contributed by atoms with E-state index in [1.165, 1.54) is 16.6 Å². The van der Waals surface area contributed by atoms with Crippen LogP contribution in [0.3, 0.4) is 0 Å². The third-order valence-electron chi connectivity index (χ3n) is 6.89. The molecule has 1 amide bonds. The standard InChI is InChI=1S/C29H31FN4O/c1-22-11-13-24(14-12-22)27-19-28(25-9-5-6-10-26(25)30)34(31-27)29(35)21-33-17-15-32(16-18-33)20-23-7-3-2-4-8-23/h2-14,28H,15-21H2,1H3/t28-/m1/s1. The highest BCUT2D eigenvalue weighted by atomic mass is 19.1. The molecule has 0 saturated carbocycles. The number of nitrogens with zero attached hydrogens (tertiary/aromatic N) is 4. The van der Waals surface area contributed by atoms with Crippen molar-refractivity contribution in [2.24, 2.45) is 5.10 Å². The Kier molecular flexibility index (Phi) is 7.02. The SMILES string of the molecule is Cc1ccc(C2=NN(C(=O)CN3CCN(Cc4ccccc4)CC3)[C@@H](c3ccccc3F)C2)cc1. The number of amides is 1. The number of benzene rings is 3. The van der Waals surface area contributed by atoms with Crippen molar-refractivity contribution < 1.29 is 9.18 Å². The molecule has 0 aliphatic carbocycles. The molecule has 0 N–H and O–H groups in total. The Bertz CT molecular complexity index is 1190. The van der Waals surface area contributed by atoms with Crippen molar-refractivity contribution in [2.45, 2.75) is 25.9 Å². The summed E-state index contributed by atoms with van der Waals surface area (Å²) in [5.41, 5.74) is 4.78. The highest BCUT2D eigenvalue weighted by molar-refractivity contribution is 6.03. The van der Waals surface area contributed by atoms with Gasteiger partial charge in [0.05, 0.1) is 18.3 Å². The Morgan fingerprint density at radius 3 is 2.26 bits per heavy atom. The van der Waals surface area contributed by atoms with Crippen LogP contribution in [0, 0.1) is 12.7 Å². The topological polar surface area (TPSA) is 39.2 Å². The summed E-state index contributed by atoms with van der Waals surface area (Å²) < 4.78 is 14.7. The minimum atomic E-state index is -0.431. The van der Waals surface area contributed by atoms with Gasteiger partial charge in [0, 0.05) is 44.7 Å². The molecular weight excluding hydrogens is 439 g/mol. The molecule has 0 unspecified atom stereocenters. The molecule has 3 aromatic rings. The second-order valence-electron chi connectivity index (χ2n) is 9.43. The zero-order chi connectivity index (χ0) is 24.2. The first kappa shape index (κ1) is 23.4. The third-order valence-corrected chi connectivity index (χ3v) is 6.89. The molecule has 0 spiro atoms. The van der Waals surface area contributed by atoms with Crippen LogP contribution >= 0.6 is 0 Å². The quantitative estimate of drug-likeness (QED) is 0.527. The molecule has 1 fully saturated rings. The van der Waals surface area contributed by atoms with Crippen molar-refractivity contribution in [1.29, 1.82) is 0 Å². The molecule has 5 nitrogen and oxygen atoms in total. The predicted octanol–water partition coefficient (Wildman–Crippen LogP) is 4.63. The first-order chi connectivity index (χ1) is 17.1. The van der Waals surface area contributed by atoms with Crippen LogP contribution in [-0.2, 0) is 11.3 Å². The fraction of sp³-hybridized carbons (Fsp3) is 0.310. The van der Waals surface area contributed by atoms with Gasteiger partial charge in [-0.25, -0.2) is 9.40 Å². The molecule has 2 aliphatic heterocycles. The number of hydrazone groups is 1. The van der Waals surface area contributed by atoms with Crippen LogP contribution < -0.4 is 0 Å². The minimum absolute atomic E-state index is 0.0862. The van der Waals surface area contributed by atoms with Crippen molar-refractivity contribution >= 4 is 11.6 Å². The van der Waals surface area contributed by atoms with Gasteiger partial charge in [0.2, 0.25) is 0 Å². The zero-order valence-electron chi connectivity index (χ0n) is 20.1. The first-order valence-corrected chi connectivity index (χ1v) is 12.3. The fourth-order valence-corrected chi connectivity index (χ4v) is 4.86. The van der Waals surface area contributed by atoms with Gasteiger partial charge in [0.1, 0.15) is 5.82 Å². The molecule has 3 aromatic carbocycles. The maximum Gasteiger partial charge on any atom is 0.257 e. The van der Waals surface area contributed by atoms with Crippen molar-refractivity contribution in [3.63, 3.8) is 0 Å². The summed E-state index contributed by atoms with van der Waals surface area (Å²) in [5.74, 6) is -0.387. The predicted molar refractivity (Wildman–Crippen MR) is 136 cm³/mol. The van der Waals surface area contributed by atoms with E-state index in [1.807, 2.05) is 43.3 Å². The van der Waals surface area contributed by atoms with Gasteiger partial charge >= 0.3 is 0 Å². The van der Waals surface area contributed by atoms with Crippen molar-refractivity contribution in [3.05, 3.63) is 107 Å². The molecular formula is C29H31FN4O. The van der Waals surface area contributed by atoms with Crippen LogP contribution in [0.4, 0.5) is 4.39 Å².